The SMILES string of the molecule is O=C(NCc1ccco1)c1ccc(CSc2nc(Cl)cc(N3CCN(Cc4ccccc4)CC3)n2)cc1. The number of thioether (sulfide) groups is 1. The molecule has 1 aliphatic heterocycles. The van der Waals surface area contributed by atoms with Crippen LogP contribution in [0.5, 0.6) is 0 Å². The number of halogens is 1. The fourth-order valence-electron chi connectivity index (χ4n) is 4.17. The van der Waals surface area contributed by atoms with Gasteiger partial charge in [-0.15, -0.1) is 0 Å². The second-order valence-electron chi connectivity index (χ2n) is 8.83. The maximum Gasteiger partial charge on any atom is 0.251 e. The number of nitrogens with zero attached hydrogens (tertiary/aromatic N) is 4. The highest BCUT2D eigenvalue weighted by atomic mass is 35.5. The van der Waals surface area contributed by atoms with Gasteiger partial charge in [-0.2, -0.15) is 0 Å². The average Bonchev–Trinajstić information content (AvgIpc) is 3.45. The number of furan rings is 1. The Labute approximate surface area is 225 Å². The number of carbonyl (C=O) groups is 1. The van der Waals surface area contributed by atoms with Crippen molar-refractivity contribution in [1.29, 1.82) is 0 Å². The molecule has 9 heteroatoms. The Hall–Kier alpha value is -3.33. The van der Waals surface area contributed by atoms with E-state index in [1.54, 1.807) is 12.3 Å². The minimum atomic E-state index is -0.137. The number of carbonyl (C=O) groups excluding carboxylic acids is 1. The Morgan fingerprint density at radius 1 is 0.946 bits per heavy atom. The first-order chi connectivity index (χ1) is 18.1. The molecule has 0 bridgehead atoms. The van der Waals surface area contributed by atoms with Crippen LogP contribution in [-0.4, -0.2) is 47.0 Å². The summed E-state index contributed by atoms with van der Waals surface area (Å²) < 4.78 is 5.25. The van der Waals surface area contributed by atoms with Gasteiger partial charge in [0.05, 0.1) is 12.8 Å². The second-order valence-corrected chi connectivity index (χ2v) is 10.2. The van der Waals surface area contributed by atoms with Crippen molar-refractivity contribution in [3.8, 4) is 0 Å². The summed E-state index contributed by atoms with van der Waals surface area (Å²) in [5.74, 6) is 2.13. The molecule has 0 spiro atoms. The molecule has 0 atom stereocenters. The molecule has 2 aromatic carbocycles. The van der Waals surface area contributed by atoms with Gasteiger partial charge in [-0.3, -0.25) is 9.69 Å². The van der Waals surface area contributed by atoms with E-state index in [9.17, 15) is 4.79 Å². The normalized spacial score (nSPS) is 14.0. The molecule has 1 N–H and O–H groups in total. The minimum Gasteiger partial charge on any atom is -0.467 e. The molecule has 190 valence electrons. The summed E-state index contributed by atoms with van der Waals surface area (Å²) in [6.07, 6.45) is 1.59. The van der Waals surface area contributed by atoms with E-state index < -0.39 is 0 Å². The summed E-state index contributed by atoms with van der Waals surface area (Å²) >= 11 is 7.89. The van der Waals surface area contributed by atoms with E-state index in [1.807, 2.05) is 36.4 Å². The topological polar surface area (TPSA) is 74.5 Å². The Bertz CT molecular complexity index is 1290. The third-order valence-corrected chi connectivity index (χ3v) is 7.31. The predicted molar refractivity (Wildman–Crippen MR) is 147 cm³/mol. The van der Waals surface area contributed by atoms with Crippen molar-refractivity contribution in [2.24, 2.45) is 0 Å². The minimum absolute atomic E-state index is 0.137. The number of aromatic nitrogens is 2. The fourth-order valence-corrected chi connectivity index (χ4v) is 5.21. The molecule has 5 rings (SSSR count). The van der Waals surface area contributed by atoms with Crippen molar-refractivity contribution in [1.82, 2.24) is 20.2 Å². The van der Waals surface area contributed by atoms with Gasteiger partial charge in [0.15, 0.2) is 5.16 Å². The highest BCUT2D eigenvalue weighted by Crippen LogP contribution is 2.25. The van der Waals surface area contributed by atoms with Crippen LogP contribution in [0.2, 0.25) is 5.15 Å². The molecule has 37 heavy (non-hydrogen) atoms. The first-order valence-electron chi connectivity index (χ1n) is 12.2. The quantitative estimate of drug-likeness (QED) is 0.178. The smallest absolute Gasteiger partial charge is 0.251 e. The first-order valence-corrected chi connectivity index (χ1v) is 13.6. The molecule has 1 saturated heterocycles. The van der Waals surface area contributed by atoms with Crippen LogP contribution in [0.15, 0.2) is 88.6 Å². The van der Waals surface area contributed by atoms with Crippen LogP contribution in [0.1, 0.15) is 27.2 Å². The number of piperazine rings is 1. The summed E-state index contributed by atoms with van der Waals surface area (Å²) in [5.41, 5.74) is 3.02. The lowest BCUT2D eigenvalue weighted by atomic mass is 10.1. The van der Waals surface area contributed by atoms with Gasteiger partial charge < -0.3 is 14.6 Å². The highest BCUT2D eigenvalue weighted by Gasteiger charge is 2.19. The standard InChI is InChI=1S/C28H28ClN5O2S/c29-25-17-26(34-14-12-33(13-15-34)19-21-5-2-1-3-6-21)32-28(31-25)37-20-22-8-10-23(11-9-22)27(35)30-18-24-7-4-16-36-24/h1-11,16-17H,12-15,18-20H2,(H,30,35). The molecule has 0 radical (unpaired) electrons. The van der Waals surface area contributed by atoms with E-state index in [-0.39, 0.29) is 5.91 Å². The lowest BCUT2D eigenvalue weighted by Gasteiger charge is -2.35. The van der Waals surface area contributed by atoms with Crippen molar-refractivity contribution in [3.05, 3.63) is 107 Å². The maximum atomic E-state index is 12.4. The monoisotopic (exact) mass is 533 g/mol. The molecule has 1 aliphatic rings. The maximum absolute atomic E-state index is 12.4. The molecular formula is C28H28ClN5O2S. The molecule has 1 amide bonds. The summed E-state index contributed by atoms with van der Waals surface area (Å²) in [6.45, 7) is 5.06. The highest BCUT2D eigenvalue weighted by molar-refractivity contribution is 7.98. The van der Waals surface area contributed by atoms with Crippen LogP contribution in [0.4, 0.5) is 5.82 Å². The van der Waals surface area contributed by atoms with Crippen LogP contribution in [0, 0.1) is 0 Å². The largest absolute Gasteiger partial charge is 0.467 e. The second kappa shape index (κ2) is 12.3. The van der Waals surface area contributed by atoms with Gasteiger partial charge in [0.25, 0.3) is 5.91 Å². The zero-order valence-corrected chi connectivity index (χ0v) is 21.9. The van der Waals surface area contributed by atoms with E-state index in [1.165, 1.54) is 17.3 Å². The third kappa shape index (κ3) is 7.13. The molecule has 0 saturated carbocycles. The van der Waals surface area contributed by atoms with Crippen molar-refractivity contribution >= 4 is 35.1 Å². The zero-order valence-electron chi connectivity index (χ0n) is 20.3. The van der Waals surface area contributed by atoms with Crippen molar-refractivity contribution in [3.63, 3.8) is 0 Å². The molecule has 0 aliphatic carbocycles. The molecule has 7 nitrogen and oxygen atoms in total. The number of nitrogens with one attached hydrogen (secondary N) is 1. The summed E-state index contributed by atoms with van der Waals surface area (Å²) in [5, 5.41) is 3.95. The molecule has 4 aromatic rings. The first kappa shape index (κ1) is 25.3. The van der Waals surface area contributed by atoms with Gasteiger partial charge >= 0.3 is 0 Å². The number of amides is 1. The Morgan fingerprint density at radius 3 is 2.46 bits per heavy atom. The van der Waals surface area contributed by atoms with Gasteiger partial charge in [0, 0.05) is 50.1 Å². The van der Waals surface area contributed by atoms with E-state index in [2.05, 4.69) is 50.4 Å². The number of benzene rings is 2. The van der Waals surface area contributed by atoms with Gasteiger partial charge in [0.1, 0.15) is 16.7 Å². The number of hydrogen-bond donors (Lipinski definition) is 1. The third-order valence-electron chi connectivity index (χ3n) is 6.19. The number of rotatable bonds is 9. The Balaban J connectivity index is 1.13. The van der Waals surface area contributed by atoms with Crippen LogP contribution < -0.4 is 10.2 Å². The van der Waals surface area contributed by atoms with Gasteiger partial charge in [0.2, 0.25) is 0 Å². The molecular weight excluding hydrogens is 506 g/mol. The van der Waals surface area contributed by atoms with Gasteiger partial charge in [-0.1, -0.05) is 65.8 Å². The van der Waals surface area contributed by atoms with Crippen LogP contribution in [0.3, 0.4) is 0 Å². The summed E-state index contributed by atoms with van der Waals surface area (Å²) in [6, 6.07) is 23.6. The van der Waals surface area contributed by atoms with E-state index in [0.29, 0.717) is 28.2 Å². The molecule has 2 aromatic heterocycles. The average molecular weight is 534 g/mol. The molecule has 0 unspecified atom stereocenters. The fraction of sp³-hybridized carbons (Fsp3) is 0.250. The number of anilines is 1. The molecule has 3 heterocycles. The van der Waals surface area contributed by atoms with Crippen molar-refractivity contribution in [2.75, 3.05) is 31.1 Å². The van der Waals surface area contributed by atoms with Crippen molar-refractivity contribution < 1.29 is 9.21 Å². The van der Waals surface area contributed by atoms with E-state index in [4.69, 9.17) is 21.0 Å². The van der Waals surface area contributed by atoms with Crippen molar-refractivity contribution in [2.45, 2.75) is 24.0 Å². The van der Waals surface area contributed by atoms with Gasteiger partial charge in [-0.05, 0) is 35.4 Å². The van der Waals surface area contributed by atoms with Gasteiger partial charge in [-0.25, -0.2) is 9.97 Å². The molecule has 1 fully saturated rings. The summed E-state index contributed by atoms with van der Waals surface area (Å²) in [4.78, 5) is 26.3. The lowest BCUT2D eigenvalue weighted by Crippen LogP contribution is -2.46. The van der Waals surface area contributed by atoms with E-state index >= 15 is 0 Å². The Kier molecular flexibility index (Phi) is 8.40. The van der Waals surface area contributed by atoms with E-state index in [0.717, 1.165) is 49.9 Å². The lowest BCUT2D eigenvalue weighted by molar-refractivity contribution is 0.0948. The Morgan fingerprint density at radius 2 is 1.73 bits per heavy atom. The summed E-state index contributed by atoms with van der Waals surface area (Å²) in [7, 11) is 0. The zero-order chi connectivity index (χ0) is 25.5. The van der Waals surface area contributed by atoms with Crippen LogP contribution in [0.25, 0.3) is 0 Å². The predicted octanol–water partition coefficient (Wildman–Crippen LogP) is 5.27. The van der Waals surface area contributed by atoms with Crippen LogP contribution >= 0.6 is 23.4 Å². The van der Waals surface area contributed by atoms with Crippen LogP contribution in [-0.2, 0) is 18.8 Å². The number of hydrogen-bond acceptors (Lipinski definition) is 7.